The highest BCUT2D eigenvalue weighted by Crippen LogP contribution is 2.25. The third kappa shape index (κ3) is 5.47. The molecule has 0 fully saturated rings. The molecule has 1 aliphatic rings. The fourth-order valence-electron chi connectivity index (χ4n) is 3.57. The number of hydrogen-bond donors (Lipinski definition) is 1. The molecule has 0 saturated heterocycles. The Morgan fingerprint density at radius 3 is 2.43 bits per heavy atom. The second-order valence-corrected chi connectivity index (χ2v) is 7.71. The monoisotopic (exact) mass is 287 g/mol. The Kier molecular flexibility index (Phi) is 6.29. The molecule has 1 unspecified atom stereocenters. The standard InChI is InChI=1S/C20H33N/c1-15(2)10-18(14-21-13-16(3)4)11-17-8-9-19-6-5-7-20(19)12-17/h8-9,12,15-16,18,21H,5-7,10-11,13-14H2,1-4H3. The van der Waals surface area contributed by atoms with Gasteiger partial charge in [0.05, 0.1) is 0 Å². The first-order valence-electron chi connectivity index (χ1n) is 8.86. The highest BCUT2D eigenvalue weighted by molar-refractivity contribution is 5.35. The number of fused-ring (bicyclic) bond motifs is 1. The second-order valence-electron chi connectivity index (χ2n) is 7.71. The van der Waals surface area contributed by atoms with E-state index in [0.717, 1.165) is 30.8 Å². The van der Waals surface area contributed by atoms with Crippen LogP contribution >= 0.6 is 0 Å². The molecule has 0 saturated carbocycles. The van der Waals surface area contributed by atoms with Gasteiger partial charge in [0.2, 0.25) is 0 Å². The van der Waals surface area contributed by atoms with Gasteiger partial charge >= 0.3 is 0 Å². The van der Waals surface area contributed by atoms with Crippen molar-refractivity contribution in [3.05, 3.63) is 34.9 Å². The summed E-state index contributed by atoms with van der Waals surface area (Å²) in [5, 5.41) is 3.66. The van der Waals surface area contributed by atoms with Gasteiger partial charge in [-0.25, -0.2) is 0 Å². The molecule has 1 aliphatic carbocycles. The summed E-state index contributed by atoms with van der Waals surface area (Å²) in [7, 11) is 0. The molecule has 118 valence electrons. The summed E-state index contributed by atoms with van der Waals surface area (Å²) in [4.78, 5) is 0. The van der Waals surface area contributed by atoms with Crippen LogP contribution < -0.4 is 5.32 Å². The predicted molar refractivity (Wildman–Crippen MR) is 92.8 cm³/mol. The van der Waals surface area contributed by atoms with Crippen molar-refractivity contribution in [2.45, 2.75) is 59.8 Å². The van der Waals surface area contributed by atoms with E-state index < -0.39 is 0 Å². The van der Waals surface area contributed by atoms with Gasteiger partial charge in [-0.2, -0.15) is 0 Å². The number of rotatable bonds is 8. The smallest absolute Gasteiger partial charge is 0.00171 e. The summed E-state index contributed by atoms with van der Waals surface area (Å²) in [6.45, 7) is 11.6. The normalized spacial score (nSPS) is 15.7. The first-order chi connectivity index (χ1) is 10.0. The summed E-state index contributed by atoms with van der Waals surface area (Å²) < 4.78 is 0. The number of aryl methyl sites for hydroxylation is 2. The van der Waals surface area contributed by atoms with Gasteiger partial charge in [0, 0.05) is 0 Å². The second kappa shape index (κ2) is 7.98. The van der Waals surface area contributed by atoms with Crippen molar-refractivity contribution in [3.63, 3.8) is 0 Å². The SMILES string of the molecule is CC(C)CNCC(Cc1ccc2c(c1)CCC2)CC(C)C. The summed E-state index contributed by atoms with van der Waals surface area (Å²) in [6, 6.07) is 7.24. The highest BCUT2D eigenvalue weighted by atomic mass is 14.9. The molecule has 2 rings (SSSR count). The summed E-state index contributed by atoms with van der Waals surface area (Å²) >= 11 is 0. The van der Waals surface area contributed by atoms with Crippen LogP contribution in [0.4, 0.5) is 0 Å². The van der Waals surface area contributed by atoms with Crippen LogP contribution in [0.1, 0.15) is 57.2 Å². The Hall–Kier alpha value is -0.820. The van der Waals surface area contributed by atoms with Gasteiger partial charge in [-0.3, -0.25) is 0 Å². The molecule has 1 atom stereocenters. The lowest BCUT2D eigenvalue weighted by molar-refractivity contribution is 0.376. The van der Waals surface area contributed by atoms with Crippen LogP contribution in [0.5, 0.6) is 0 Å². The molecule has 1 aromatic carbocycles. The van der Waals surface area contributed by atoms with E-state index in [1.54, 1.807) is 16.7 Å². The average Bonchev–Trinajstić information content (AvgIpc) is 2.84. The number of benzene rings is 1. The third-order valence-corrected chi connectivity index (χ3v) is 4.48. The van der Waals surface area contributed by atoms with E-state index in [4.69, 9.17) is 0 Å². The highest BCUT2D eigenvalue weighted by Gasteiger charge is 2.15. The van der Waals surface area contributed by atoms with Crippen molar-refractivity contribution >= 4 is 0 Å². The maximum absolute atomic E-state index is 3.66. The third-order valence-electron chi connectivity index (χ3n) is 4.48. The maximum Gasteiger partial charge on any atom is -0.00171 e. The molecule has 0 heterocycles. The van der Waals surface area contributed by atoms with Crippen molar-refractivity contribution in [2.24, 2.45) is 17.8 Å². The fraction of sp³-hybridized carbons (Fsp3) is 0.700. The summed E-state index contributed by atoms with van der Waals surface area (Å²) in [5.41, 5.74) is 4.76. The van der Waals surface area contributed by atoms with Gasteiger partial charge in [0.15, 0.2) is 0 Å². The van der Waals surface area contributed by atoms with Crippen LogP contribution in [0.15, 0.2) is 18.2 Å². The molecule has 21 heavy (non-hydrogen) atoms. The summed E-state index contributed by atoms with van der Waals surface area (Å²) in [6.07, 6.45) is 6.49. The van der Waals surface area contributed by atoms with Crippen LogP contribution in [0, 0.1) is 17.8 Å². The lowest BCUT2D eigenvalue weighted by atomic mass is 9.90. The Bertz CT molecular complexity index is 433. The van der Waals surface area contributed by atoms with Crippen molar-refractivity contribution in [1.82, 2.24) is 5.32 Å². The van der Waals surface area contributed by atoms with Crippen molar-refractivity contribution < 1.29 is 0 Å². The van der Waals surface area contributed by atoms with Gasteiger partial charge in [0.1, 0.15) is 0 Å². The Morgan fingerprint density at radius 1 is 0.952 bits per heavy atom. The van der Waals surface area contributed by atoms with Crippen LogP contribution in [0.3, 0.4) is 0 Å². The zero-order valence-electron chi connectivity index (χ0n) is 14.4. The van der Waals surface area contributed by atoms with Gasteiger partial charge in [-0.05, 0) is 79.6 Å². The van der Waals surface area contributed by atoms with E-state index in [2.05, 4.69) is 51.2 Å². The molecule has 0 aromatic heterocycles. The molecule has 0 amide bonds. The average molecular weight is 287 g/mol. The minimum absolute atomic E-state index is 0.740. The zero-order valence-corrected chi connectivity index (χ0v) is 14.4. The molecule has 0 radical (unpaired) electrons. The van der Waals surface area contributed by atoms with Crippen molar-refractivity contribution in [2.75, 3.05) is 13.1 Å². The minimum atomic E-state index is 0.740. The van der Waals surface area contributed by atoms with E-state index in [1.165, 1.54) is 32.1 Å². The van der Waals surface area contributed by atoms with Crippen molar-refractivity contribution in [3.8, 4) is 0 Å². The molecule has 0 aliphatic heterocycles. The van der Waals surface area contributed by atoms with E-state index in [-0.39, 0.29) is 0 Å². The Labute approximate surface area is 131 Å². The molecule has 0 spiro atoms. The van der Waals surface area contributed by atoms with Crippen molar-refractivity contribution in [1.29, 1.82) is 0 Å². The predicted octanol–water partition coefficient (Wildman–Crippen LogP) is 4.63. The molecule has 0 bridgehead atoms. The summed E-state index contributed by atoms with van der Waals surface area (Å²) in [5.74, 6) is 2.29. The maximum atomic E-state index is 3.66. The van der Waals surface area contributed by atoms with Crippen LogP contribution in [-0.2, 0) is 19.3 Å². The largest absolute Gasteiger partial charge is 0.316 e. The van der Waals surface area contributed by atoms with Gasteiger partial charge < -0.3 is 5.32 Å². The quantitative estimate of drug-likeness (QED) is 0.735. The van der Waals surface area contributed by atoms with Gasteiger partial charge in [0.25, 0.3) is 0 Å². The molecular formula is C20H33N. The van der Waals surface area contributed by atoms with Crippen LogP contribution in [-0.4, -0.2) is 13.1 Å². The minimum Gasteiger partial charge on any atom is -0.316 e. The lowest BCUT2D eigenvalue weighted by Crippen LogP contribution is -2.28. The number of nitrogens with one attached hydrogen (secondary N) is 1. The van der Waals surface area contributed by atoms with Gasteiger partial charge in [-0.15, -0.1) is 0 Å². The molecule has 1 heteroatoms. The van der Waals surface area contributed by atoms with E-state index >= 15 is 0 Å². The molecule has 1 N–H and O–H groups in total. The molecule has 1 aromatic rings. The van der Waals surface area contributed by atoms with E-state index in [9.17, 15) is 0 Å². The lowest BCUT2D eigenvalue weighted by Gasteiger charge is -2.21. The zero-order chi connectivity index (χ0) is 15.2. The van der Waals surface area contributed by atoms with E-state index in [1.807, 2.05) is 0 Å². The van der Waals surface area contributed by atoms with Crippen LogP contribution in [0.2, 0.25) is 0 Å². The van der Waals surface area contributed by atoms with E-state index in [0.29, 0.717) is 0 Å². The molecular weight excluding hydrogens is 254 g/mol. The Morgan fingerprint density at radius 2 is 1.71 bits per heavy atom. The first-order valence-corrected chi connectivity index (χ1v) is 8.86. The molecule has 1 nitrogen and oxygen atoms in total. The fourth-order valence-corrected chi connectivity index (χ4v) is 3.57. The number of hydrogen-bond acceptors (Lipinski definition) is 1. The van der Waals surface area contributed by atoms with Crippen LogP contribution in [0.25, 0.3) is 0 Å². The Balaban J connectivity index is 1.93. The van der Waals surface area contributed by atoms with Gasteiger partial charge in [-0.1, -0.05) is 45.9 Å². The topological polar surface area (TPSA) is 12.0 Å². The first kappa shape index (κ1) is 16.5.